The third-order valence-electron chi connectivity index (χ3n) is 4.64. The number of amides is 1. The Morgan fingerprint density at radius 3 is 2.74 bits per heavy atom. The number of benzene rings is 1. The number of carbonyl (C=O) groups is 1. The molecule has 1 N–H and O–H groups in total. The van der Waals surface area contributed by atoms with Crippen molar-refractivity contribution in [3.8, 4) is 6.07 Å². The quantitative estimate of drug-likeness (QED) is 0.664. The molecule has 23 heavy (non-hydrogen) atoms. The first-order chi connectivity index (χ1) is 10.7. The number of halogens is 1. The van der Waals surface area contributed by atoms with Gasteiger partial charge in [0, 0.05) is 30.3 Å². The SMILES string of the molecule is CNC(=O)/C(C#N)=C\c1cc2c(cc1Cl)N(C)C(C)(C)C[C@@H]2C. The first-order valence-corrected chi connectivity index (χ1v) is 8.00. The Morgan fingerprint density at radius 1 is 1.52 bits per heavy atom. The molecule has 4 nitrogen and oxygen atoms in total. The van der Waals surface area contributed by atoms with Crippen LogP contribution in [0.25, 0.3) is 6.08 Å². The molecule has 0 aromatic heterocycles. The molecule has 1 aliphatic heterocycles. The molecule has 1 atom stereocenters. The summed E-state index contributed by atoms with van der Waals surface area (Å²) in [5.74, 6) is -0.0289. The fraction of sp³-hybridized carbons (Fsp3) is 0.444. The van der Waals surface area contributed by atoms with E-state index >= 15 is 0 Å². The number of fused-ring (bicyclic) bond motifs is 1. The van der Waals surface area contributed by atoms with Gasteiger partial charge in [0.05, 0.1) is 0 Å². The summed E-state index contributed by atoms with van der Waals surface area (Å²) in [7, 11) is 3.57. The smallest absolute Gasteiger partial charge is 0.261 e. The molecule has 0 radical (unpaired) electrons. The number of nitrogens with one attached hydrogen (secondary N) is 1. The molecule has 1 aliphatic rings. The highest BCUT2D eigenvalue weighted by molar-refractivity contribution is 6.32. The van der Waals surface area contributed by atoms with Crippen LogP contribution >= 0.6 is 11.6 Å². The zero-order valence-electron chi connectivity index (χ0n) is 14.2. The van der Waals surface area contributed by atoms with E-state index in [1.165, 1.54) is 12.6 Å². The molecule has 1 amide bonds. The van der Waals surface area contributed by atoms with Gasteiger partial charge in [-0.2, -0.15) is 5.26 Å². The molecule has 5 heteroatoms. The van der Waals surface area contributed by atoms with Crippen LogP contribution in [0.2, 0.25) is 5.02 Å². The minimum atomic E-state index is -0.410. The fourth-order valence-corrected chi connectivity index (χ4v) is 3.37. The van der Waals surface area contributed by atoms with Crippen molar-refractivity contribution < 1.29 is 4.79 Å². The molecule has 0 spiro atoms. The molecule has 0 fully saturated rings. The second-order valence-electron chi connectivity index (χ2n) is 6.66. The number of hydrogen-bond donors (Lipinski definition) is 1. The standard InChI is InChI=1S/C18H22ClN3O/c1-11-9-18(2,3)22(5)16-8-15(19)12(7-14(11)16)6-13(10-20)17(23)21-4/h6-8,11H,9H2,1-5H3,(H,21,23)/b13-6-/t11-/m0/s1. The van der Waals surface area contributed by atoms with E-state index in [-0.39, 0.29) is 11.1 Å². The molecule has 0 unspecified atom stereocenters. The number of carbonyl (C=O) groups excluding carboxylic acids is 1. The van der Waals surface area contributed by atoms with Crippen LogP contribution in [0, 0.1) is 11.3 Å². The van der Waals surface area contributed by atoms with E-state index in [9.17, 15) is 4.79 Å². The molecule has 0 bridgehead atoms. The first-order valence-electron chi connectivity index (χ1n) is 7.62. The van der Waals surface area contributed by atoms with Gasteiger partial charge in [0.15, 0.2) is 0 Å². The number of rotatable bonds is 2. The van der Waals surface area contributed by atoms with Crippen molar-refractivity contribution in [3.63, 3.8) is 0 Å². The van der Waals surface area contributed by atoms with Crippen LogP contribution in [0.15, 0.2) is 17.7 Å². The minimum Gasteiger partial charge on any atom is -0.369 e. The van der Waals surface area contributed by atoms with Gasteiger partial charge < -0.3 is 10.2 Å². The number of likely N-dealkylation sites (N-methyl/N-ethyl adjacent to an activating group) is 1. The second kappa shape index (κ2) is 6.25. The van der Waals surface area contributed by atoms with E-state index in [0.717, 1.165) is 12.1 Å². The van der Waals surface area contributed by atoms with Crippen LogP contribution in [-0.2, 0) is 4.79 Å². The average molecular weight is 332 g/mol. The lowest BCUT2D eigenvalue weighted by Gasteiger charge is -2.45. The summed E-state index contributed by atoms with van der Waals surface area (Å²) in [6.07, 6.45) is 2.58. The minimum absolute atomic E-state index is 0.0477. The highest BCUT2D eigenvalue weighted by Crippen LogP contribution is 2.44. The first kappa shape index (κ1) is 17.4. The molecular formula is C18H22ClN3O. The van der Waals surface area contributed by atoms with Crippen molar-refractivity contribution in [1.29, 1.82) is 5.26 Å². The maximum absolute atomic E-state index is 11.7. The zero-order valence-corrected chi connectivity index (χ0v) is 15.0. The molecule has 1 aromatic carbocycles. The Labute approximate surface area is 142 Å². The van der Waals surface area contributed by atoms with Crippen molar-refractivity contribution in [2.45, 2.75) is 38.6 Å². The molecule has 1 aromatic rings. The van der Waals surface area contributed by atoms with E-state index in [1.54, 1.807) is 6.08 Å². The number of hydrogen-bond acceptors (Lipinski definition) is 3. The molecule has 1 heterocycles. The molecular weight excluding hydrogens is 310 g/mol. The maximum Gasteiger partial charge on any atom is 0.261 e. The normalized spacial score (nSPS) is 19.8. The Balaban J connectivity index is 2.56. The van der Waals surface area contributed by atoms with Crippen LogP contribution in [0.3, 0.4) is 0 Å². The van der Waals surface area contributed by atoms with Gasteiger partial charge >= 0.3 is 0 Å². The predicted molar refractivity (Wildman–Crippen MR) is 94.6 cm³/mol. The van der Waals surface area contributed by atoms with Crippen LogP contribution in [0.4, 0.5) is 5.69 Å². The number of anilines is 1. The Kier molecular flexibility index (Phi) is 4.72. The summed E-state index contributed by atoms with van der Waals surface area (Å²) in [4.78, 5) is 13.9. The van der Waals surface area contributed by atoms with E-state index in [1.807, 2.05) is 18.2 Å². The highest BCUT2D eigenvalue weighted by Gasteiger charge is 2.34. The van der Waals surface area contributed by atoms with E-state index in [4.69, 9.17) is 16.9 Å². The molecule has 0 saturated carbocycles. The molecule has 0 aliphatic carbocycles. The third-order valence-corrected chi connectivity index (χ3v) is 4.97. The van der Waals surface area contributed by atoms with Gasteiger partial charge in [0.2, 0.25) is 0 Å². The van der Waals surface area contributed by atoms with E-state index < -0.39 is 5.91 Å². The summed E-state index contributed by atoms with van der Waals surface area (Å²) in [6.45, 7) is 6.62. The lowest BCUT2D eigenvalue weighted by molar-refractivity contribution is -0.116. The van der Waals surface area contributed by atoms with Crippen LogP contribution in [-0.4, -0.2) is 25.5 Å². The van der Waals surface area contributed by atoms with Crippen LogP contribution in [0.5, 0.6) is 0 Å². The van der Waals surface area contributed by atoms with Gasteiger partial charge in [-0.3, -0.25) is 4.79 Å². The number of nitrogens with zero attached hydrogens (tertiary/aromatic N) is 2. The predicted octanol–water partition coefficient (Wildman–Crippen LogP) is 3.71. The second-order valence-corrected chi connectivity index (χ2v) is 7.07. The van der Waals surface area contributed by atoms with Crippen LogP contribution < -0.4 is 10.2 Å². The van der Waals surface area contributed by atoms with Crippen molar-refractivity contribution in [1.82, 2.24) is 5.32 Å². The van der Waals surface area contributed by atoms with Gasteiger partial charge in [0.1, 0.15) is 11.6 Å². The molecule has 122 valence electrons. The third kappa shape index (κ3) is 3.20. The van der Waals surface area contributed by atoms with Crippen molar-refractivity contribution in [2.75, 3.05) is 19.0 Å². The van der Waals surface area contributed by atoms with Gasteiger partial charge in [-0.05, 0) is 55.5 Å². The van der Waals surface area contributed by atoms with Crippen molar-refractivity contribution >= 4 is 29.3 Å². The fourth-order valence-electron chi connectivity index (χ4n) is 3.15. The van der Waals surface area contributed by atoms with Gasteiger partial charge in [-0.1, -0.05) is 18.5 Å². The van der Waals surface area contributed by atoms with E-state index in [2.05, 4.69) is 38.0 Å². The lowest BCUT2D eigenvalue weighted by atomic mass is 9.80. The Hall–Kier alpha value is -1.99. The highest BCUT2D eigenvalue weighted by atomic mass is 35.5. The molecule has 0 saturated heterocycles. The Bertz CT molecular complexity index is 716. The van der Waals surface area contributed by atoms with Gasteiger partial charge in [-0.25, -0.2) is 0 Å². The van der Waals surface area contributed by atoms with E-state index in [0.29, 0.717) is 16.5 Å². The zero-order chi connectivity index (χ0) is 17.4. The van der Waals surface area contributed by atoms with Crippen molar-refractivity contribution in [2.24, 2.45) is 0 Å². The van der Waals surface area contributed by atoms with Crippen molar-refractivity contribution in [3.05, 3.63) is 33.9 Å². The largest absolute Gasteiger partial charge is 0.369 e. The summed E-state index contributed by atoms with van der Waals surface area (Å²) in [5, 5.41) is 12.2. The summed E-state index contributed by atoms with van der Waals surface area (Å²) >= 11 is 6.40. The molecule has 2 rings (SSSR count). The van der Waals surface area contributed by atoms with Gasteiger partial charge in [0.25, 0.3) is 5.91 Å². The van der Waals surface area contributed by atoms with Gasteiger partial charge in [-0.15, -0.1) is 0 Å². The summed E-state index contributed by atoms with van der Waals surface area (Å²) in [5.41, 5.74) is 3.11. The number of nitriles is 1. The summed E-state index contributed by atoms with van der Waals surface area (Å²) < 4.78 is 0. The summed E-state index contributed by atoms with van der Waals surface area (Å²) in [6, 6.07) is 5.85. The average Bonchev–Trinajstić information content (AvgIpc) is 2.50. The monoisotopic (exact) mass is 331 g/mol. The lowest BCUT2D eigenvalue weighted by Crippen LogP contribution is -2.45. The maximum atomic E-state index is 11.7. The topological polar surface area (TPSA) is 56.1 Å². The Morgan fingerprint density at radius 2 is 2.17 bits per heavy atom. The van der Waals surface area contributed by atoms with Crippen LogP contribution in [0.1, 0.15) is 44.2 Å².